The van der Waals surface area contributed by atoms with Gasteiger partial charge in [0.2, 0.25) is 0 Å². The van der Waals surface area contributed by atoms with E-state index >= 15 is 0 Å². The van der Waals surface area contributed by atoms with Crippen LogP contribution >= 0.6 is 0 Å². The Kier molecular flexibility index (Phi) is 6.97. The molecule has 2 heterocycles. The van der Waals surface area contributed by atoms with Crippen molar-refractivity contribution in [3.05, 3.63) is 94.4 Å². The molecule has 32 heavy (non-hydrogen) atoms. The second-order valence-electron chi connectivity index (χ2n) is 7.93. The van der Waals surface area contributed by atoms with Crippen molar-refractivity contribution in [1.82, 2.24) is 14.7 Å². The van der Waals surface area contributed by atoms with Crippen LogP contribution in [0.2, 0.25) is 0 Å². The molecule has 7 nitrogen and oxygen atoms in total. The Morgan fingerprint density at radius 1 is 1.00 bits per heavy atom. The van der Waals surface area contributed by atoms with Crippen molar-refractivity contribution >= 4 is 5.91 Å². The van der Waals surface area contributed by atoms with E-state index in [1.165, 1.54) is 16.8 Å². The molecule has 1 saturated heterocycles. The van der Waals surface area contributed by atoms with Crippen molar-refractivity contribution in [2.24, 2.45) is 5.92 Å². The first kappa shape index (κ1) is 21.8. The highest BCUT2D eigenvalue weighted by atomic mass is 16.5. The van der Waals surface area contributed by atoms with Crippen LogP contribution in [0.15, 0.2) is 77.6 Å². The second-order valence-corrected chi connectivity index (χ2v) is 7.93. The number of benzene rings is 2. The molecule has 0 unspecified atom stereocenters. The Hall–Kier alpha value is -3.45. The number of carbonyl (C=O) groups is 1. The van der Waals surface area contributed by atoms with Gasteiger partial charge in [-0.05, 0) is 42.5 Å². The van der Waals surface area contributed by atoms with Gasteiger partial charge in [-0.1, -0.05) is 48.5 Å². The first-order valence-electron chi connectivity index (χ1n) is 10.9. The lowest BCUT2D eigenvalue weighted by Crippen LogP contribution is -2.41. The lowest BCUT2D eigenvalue weighted by atomic mass is 9.87. The number of para-hydroxylation sites is 1. The number of rotatable bonds is 7. The molecule has 4 rings (SSSR count). The summed E-state index contributed by atoms with van der Waals surface area (Å²) >= 11 is 0. The zero-order valence-corrected chi connectivity index (χ0v) is 17.8. The molecule has 0 spiro atoms. The van der Waals surface area contributed by atoms with Gasteiger partial charge >= 0.3 is 0 Å². The molecule has 0 saturated carbocycles. The van der Waals surface area contributed by atoms with Crippen molar-refractivity contribution in [3.63, 3.8) is 0 Å². The third-order valence-electron chi connectivity index (χ3n) is 5.82. The summed E-state index contributed by atoms with van der Waals surface area (Å²) in [5, 5.41) is 14.9. The number of amides is 1. The minimum atomic E-state index is -0.530. The van der Waals surface area contributed by atoms with E-state index in [0.29, 0.717) is 31.7 Å². The maximum absolute atomic E-state index is 13.0. The molecule has 0 radical (unpaired) electrons. The Bertz CT molecular complexity index is 1080. The van der Waals surface area contributed by atoms with Crippen LogP contribution in [0.1, 0.15) is 35.0 Å². The van der Waals surface area contributed by atoms with Crippen molar-refractivity contribution in [3.8, 4) is 5.75 Å². The minimum absolute atomic E-state index is 0.110. The van der Waals surface area contributed by atoms with Crippen LogP contribution in [0.3, 0.4) is 0 Å². The van der Waals surface area contributed by atoms with Crippen LogP contribution in [0, 0.1) is 5.92 Å². The lowest BCUT2D eigenvalue weighted by Gasteiger charge is -2.34. The molecule has 0 aliphatic carbocycles. The number of nitrogens with zero attached hydrogens (tertiary/aromatic N) is 3. The van der Waals surface area contributed by atoms with Crippen molar-refractivity contribution in [1.29, 1.82) is 0 Å². The molecule has 3 aromatic rings. The third-order valence-corrected chi connectivity index (χ3v) is 5.82. The van der Waals surface area contributed by atoms with E-state index in [4.69, 9.17) is 4.74 Å². The van der Waals surface area contributed by atoms with Gasteiger partial charge in [0.1, 0.15) is 18.1 Å². The summed E-state index contributed by atoms with van der Waals surface area (Å²) in [6.45, 7) is 1.62. The molecule has 1 aliphatic heterocycles. The van der Waals surface area contributed by atoms with E-state index in [1.807, 2.05) is 60.7 Å². The topological polar surface area (TPSA) is 84.7 Å². The average Bonchev–Trinajstić information content (AvgIpc) is 2.85. The van der Waals surface area contributed by atoms with Crippen LogP contribution in [0.25, 0.3) is 0 Å². The molecule has 2 aromatic carbocycles. The summed E-state index contributed by atoms with van der Waals surface area (Å²) in [7, 11) is 0. The number of aliphatic hydroxyl groups excluding tert-OH is 1. The van der Waals surface area contributed by atoms with Gasteiger partial charge in [0.05, 0.1) is 12.6 Å². The largest absolute Gasteiger partial charge is 0.492 e. The van der Waals surface area contributed by atoms with Crippen molar-refractivity contribution in [2.45, 2.75) is 25.5 Å². The molecule has 1 atom stereocenters. The number of piperidine rings is 1. The molecule has 0 bridgehead atoms. The van der Waals surface area contributed by atoms with Crippen LogP contribution in [0.4, 0.5) is 0 Å². The second kappa shape index (κ2) is 10.2. The van der Waals surface area contributed by atoms with Crippen LogP contribution in [-0.2, 0) is 6.54 Å². The van der Waals surface area contributed by atoms with Gasteiger partial charge in [-0.15, -0.1) is 0 Å². The van der Waals surface area contributed by atoms with Crippen molar-refractivity contribution < 1.29 is 14.6 Å². The molecule has 1 aliphatic rings. The van der Waals surface area contributed by atoms with Gasteiger partial charge in [-0.25, -0.2) is 4.68 Å². The highest BCUT2D eigenvalue weighted by molar-refractivity contribution is 5.92. The predicted molar refractivity (Wildman–Crippen MR) is 120 cm³/mol. The first-order valence-corrected chi connectivity index (χ1v) is 10.9. The highest BCUT2D eigenvalue weighted by Gasteiger charge is 2.29. The highest BCUT2D eigenvalue weighted by Crippen LogP contribution is 2.30. The standard InChI is InChI=1S/C25H27N3O4/c29-23-12-11-22(26-28(23)17-18-32-21-9-5-2-6-10-21)25(31)27-15-13-20(14-16-27)24(30)19-7-3-1-4-8-19/h1-12,20,24,30H,13-18H2/t24-/m0/s1. The number of aromatic nitrogens is 2. The zero-order valence-electron chi connectivity index (χ0n) is 17.8. The van der Waals surface area contributed by atoms with Crippen LogP contribution in [-0.4, -0.2) is 45.4 Å². The van der Waals surface area contributed by atoms with E-state index in [0.717, 1.165) is 5.56 Å². The van der Waals surface area contributed by atoms with Gasteiger partial charge in [0, 0.05) is 19.2 Å². The Morgan fingerprint density at radius 2 is 1.66 bits per heavy atom. The normalized spacial score (nSPS) is 15.3. The maximum atomic E-state index is 13.0. The molecule has 1 fully saturated rings. The number of hydrogen-bond acceptors (Lipinski definition) is 5. The number of aliphatic hydroxyl groups is 1. The monoisotopic (exact) mass is 433 g/mol. The molecule has 166 valence electrons. The fourth-order valence-corrected chi connectivity index (χ4v) is 3.99. The SMILES string of the molecule is O=C(c1ccc(=O)n(CCOc2ccccc2)n1)N1CCC([C@@H](O)c2ccccc2)CC1. The molecule has 7 heteroatoms. The number of likely N-dealkylation sites (tertiary alicyclic amines) is 1. The van der Waals surface area contributed by atoms with E-state index in [1.54, 1.807) is 4.90 Å². The van der Waals surface area contributed by atoms with E-state index in [9.17, 15) is 14.7 Å². The number of ether oxygens (including phenoxy) is 1. The van der Waals surface area contributed by atoms with E-state index in [2.05, 4.69) is 5.10 Å². The summed E-state index contributed by atoms with van der Waals surface area (Å²) in [6, 6.07) is 21.8. The molecule has 1 aromatic heterocycles. The molecule has 1 amide bonds. The minimum Gasteiger partial charge on any atom is -0.492 e. The van der Waals surface area contributed by atoms with Crippen LogP contribution in [0.5, 0.6) is 5.75 Å². The maximum Gasteiger partial charge on any atom is 0.274 e. The number of hydrogen-bond donors (Lipinski definition) is 1. The fourth-order valence-electron chi connectivity index (χ4n) is 3.99. The smallest absolute Gasteiger partial charge is 0.274 e. The van der Waals surface area contributed by atoms with Gasteiger partial charge in [0.15, 0.2) is 0 Å². The summed E-state index contributed by atoms with van der Waals surface area (Å²) in [4.78, 5) is 26.9. The predicted octanol–water partition coefficient (Wildman–Crippen LogP) is 2.91. The number of carbonyl (C=O) groups excluding carboxylic acids is 1. The lowest BCUT2D eigenvalue weighted by molar-refractivity contribution is 0.0456. The third kappa shape index (κ3) is 5.23. The Balaban J connectivity index is 1.34. The summed E-state index contributed by atoms with van der Waals surface area (Å²) in [5.74, 6) is 0.627. The summed E-state index contributed by atoms with van der Waals surface area (Å²) in [6.07, 6.45) is 0.900. The first-order chi connectivity index (χ1) is 15.6. The molecular weight excluding hydrogens is 406 g/mol. The van der Waals surface area contributed by atoms with E-state index in [-0.39, 0.29) is 36.2 Å². The van der Waals surface area contributed by atoms with Gasteiger partial charge < -0.3 is 14.7 Å². The Labute approximate surface area is 186 Å². The Morgan fingerprint density at radius 3 is 2.34 bits per heavy atom. The average molecular weight is 434 g/mol. The quantitative estimate of drug-likeness (QED) is 0.619. The van der Waals surface area contributed by atoms with Crippen molar-refractivity contribution in [2.75, 3.05) is 19.7 Å². The van der Waals surface area contributed by atoms with Crippen LogP contribution < -0.4 is 10.3 Å². The fraction of sp³-hybridized carbons (Fsp3) is 0.320. The van der Waals surface area contributed by atoms with E-state index < -0.39 is 6.10 Å². The molecule has 1 N–H and O–H groups in total. The summed E-state index contributed by atoms with van der Waals surface area (Å²) < 4.78 is 6.90. The van der Waals surface area contributed by atoms with Gasteiger partial charge in [-0.3, -0.25) is 9.59 Å². The molecular formula is C25H27N3O4. The summed E-state index contributed by atoms with van der Waals surface area (Å²) in [5.41, 5.74) is 0.873. The van der Waals surface area contributed by atoms with Gasteiger partial charge in [-0.2, -0.15) is 5.10 Å². The zero-order chi connectivity index (χ0) is 22.3. The van der Waals surface area contributed by atoms with Gasteiger partial charge in [0.25, 0.3) is 11.5 Å².